The number of carbonyl (C=O) groups excluding carboxylic acids is 1. The van der Waals surface area contributed by atoms with Crippen molar-refractivity contribution in [3.8, 4) is 17.1 Å². The van der Waals surface area contributed by atoms with Gasteiger partial charge in [-0.3, -0.25) is 0 Å². The van der Waals surface area contributed by atoms with Crippen LogP contribution in [0.15, 0.2) is 53.1 Å². The van der Waals surface area contributed by atoms with Gasteiger partial charge in [0.1, 0.15) is 11.3 Å². The van der Waals surface area contributed by atoms with Crippen molar-refractivity contribution in [1.29, 1.82) is 0 Å². The Hall–Kier alpha value is -3.36. The van der Waals surface area contributed by atoms with Gasteiger partial charge in [-0.1, -0.05) is 29.4 Å². The maximum absolute atomic E-state index is 12.8. The number of rotatable bonds is 6. The smallest absolute Gasteiger partial charge is 0.416 e. The molecule has 1 heterocycles. The normalized spacial score (nSPS) is 11.3. The largest absolute Gasteiger partial charge is 0.493 e. The first kappa shape index (κ1) is 19.4. The summed E-state index contributed by atoms with van der Waals surface area (Å²) in [5.41, 5.74) is -0.449. The molecule has 0 saturated carbocycles. The minimum atomic E-state index is -4.48. The van der Waals surface area contributed by atoms with Gasteiger partial charge in [-0.25, -0.2) is 4.79 Å². The van der Waals surface area contributed by atoms with Gasteiger partial charge in [0.25, 0.3) is 5.89 Å². The van der Waals surface area contributed by atoms with E-state index in [0.717, 1.165) is 12.1 Å². The third-order valence-electron chi connectivity index (χ3n) is 3.65. The van der Waals surface area contributed by atoms with E-state index in [1.165, 1.54) is 12.1 Å². The first-order valence-corrected chi connectivity index (χ1v) is 8.27. The van der Waals surface area contributed by atoms with Crippen LogP contribution >= 0.6 is 0 Å². The van der Waals surface area contributed by atoms with Crippen LogP contribution in [-0.4, -0.2) is 22.7 Å². The Labute approximate surface area is 157 Å². The van der Waals surface area contributed by atoms with Gasteiger partial charge in [0, 0.05) is 5.56 Å². The molecule has 146 valence electrons. The molecule has 0 saturated heterocycles. The SMILES string of the molecule is CCOc1ccccc1C(=O)OCc1nc(-c2cccc(C(F)(F)F)c2)no1. The first-order valence-electron chi connectivity index (χ1n) is 8.27. The average Bonchev–Trinajstić information content (AvgIpc) is 3.15. The fourth-order valence-corrected chi connectivity index (χ4v) is 2.39. The minimum Gasteiger partial charge on any atom is -0.493 e. The van der Waals surface area contributed by atoms with Crippen molar-refractivity contribution in [2.45, 2.75) is 19.7 Å². The molecule has 0 atom stereocenters. The number of ether oxygens (including phenoxy) is 2. The third kappa shape index (κ3) is 4.48. The van der Waals surface area contributed by atoms with Gasteiger partial charge >= 0.3 is 12.1 Å². The van der Waals surface area contributed by atoms with E-state index in [2.05, 4.69) is 10.1 Å². The summed E-state index contributed by atoms with van der Waals surface area (Å²) in [6, 6.07) is 11.1. The molecule has 9 heteroatoms. The molecular formula is C19H15F3N2O4. The Balaban J connectivity index is 1.70. The lowest BCUT2D eigenvalue weighted by atomic mass is 10.1. The highest BCUT2D eigenvalue weighted by Gasteiger charge is 2.30. The van der Waals surface area contributed by atoms with Crippen LogP contribution in [0.25, 0.3) is 11.4 Å². The second-order valence-corrected chi connectivity index (χ2v) is 5.60. The Morgan fingerprint density at radius 2 is 1.93 bits per heavy atom. The summed E-state index contributed by atoms with van der Waals surface area (Å²) in [6.07, 6.45) is -4.48. The van der Waals surface area contributed by atoms with Crippen molar-refractivity contribution >= 4 is 5.97 Å². The molecule has 0 aliphatic carbocycles. The highest BCUT2D eigenvalue weighted by molar-refractivity contribution is 5.92. The lowest BCUT2D eigenvalue weighted by molar-refractivity contribution is -0.137. The Kier molecular flexibility index (Phi) is 5.62. The lowest BCUT2D eigenvalue weighted by Gasteiger charge is -2.08. The standard InChI is InChI=1S/C19H15F3N2O4/c1-2-26-15-9-4-3-8-14(15)18(25)27-11-16-23-17(24-28-16)12-6-5-7-13(10-12)19(20,21)22/h3-10H,2,11H2,1H3. The zero-order valence-electron chi connectivity index (χ0n) is 14.7. The quantitative estimate of drug-likeness (QED) is 0.575. The molecule has 0 radical (unpaired) electrons. The van der Waals surface area contributed by atoms with E-state index in [1.807, 2.05) is 0 Å². The predicted molar refractivity (Wildman–Crippen MR) is 91.5 cm³/mol. The van der Waals surface area contributed by atoms with Crippen molar-refractivity contribution in [3.63, 3.8) is 0 Å². The molecule has 0 amide bonds. The average molecular weight is 392 g/mol. The molecule has 2 aromatic carbocycles. The Morgan fingerprint density at radius 1 is 1.14 bits per heavy atom. The van der Waals surface area contributed by atoms with Crippen LogP contribution in [0.3, 0.4) is 0 Å². The number of carbonyl (C=O) groups is 1. The van der Waals surface area contributed by atoms with Gasteiger partial charge in [-0.05, 0) is 31.2 Å². The highest BCUT2D eigenvalue weighted by Crippen LogP contribution is 2.31. The topological polar surface area (TPSA) is 74.5 Å². The van der Waals surface area contributed by atoms with E-state index in [4.69, 9.17) is 14.0 Å². The lowest BCUT2D eigenvalue weighted by Crippen LogP contribution is -2.08. The van der Waals surface area contributed by atoms with Crippen molar-refractivity contribution in [1.82, 2.24) is 10.1 Å². The number of alkyl halides is 3. The molecule has 0 fully saturated rings. The molecule has 3 aromatic rings. The van der Waals surface area contributed by atoms with Crippen LogP contribution < -0.4 is 4.74 Å². The van der Waals surface area contributed by atoms with E-state index in [0.29, 0.717) is 12.4 Å². The summed E-state index contributed by atoms with van der Waals surface area (Å²) in [4.78, 5) is 16.2. The Bertz CT molecular complexity index is 970. The van der Waals surface area contributed by atoms with Crippen LogP contribution in [-0.2, 0) is 17.5 Å². The maximum atomic E-state index is 12.8. The first-order chi connectivity index (χ1) is 13.4. The van der Waals surface area contributed by atoms with E-state index < -0.39 is 17.7 Å². The monoisotopic (exact) mass is 392 g/mol. The minimum absolute atomic E-state index is 0.0353. The summed E-state index contributed by atoms with van der Waals surface area (Å²) in [5, 5.41) is 3.64. The van der Waals surface area contributed by atoms with Crippen molar-refractivity contribution in [3.05, 3.63) is 65.5 Å². The second kappa shape index (κ2) is 8.12. The highest BCUT2D eigenvalue weighted by atomic mass is 19.4. The zero-order valence-corrected chi connectivity index (χ0v) is 14.7. The number of benzene rings is 2. The van der Waals surface area contributed by atoms with Crippen molar-refractivity contribution < 1.29 is 32.0 Å². The number of halogens is 3. The third-order valence-corrected chi connectivity index (χ3v) is 3.65. The summed E-state index contributed by atoms with van der Waals surface area (Å²) in [5.74, 6) is -0.352. The number of hydrogen-bond acceptors (Lipinski definition) is 6. The molecule has 0 spiro atoms. The van der Waals surface area contributed by atoms with Crippen LogP contribution in [0.5, 0.6) is 5.75 Å². The van der Waals surface area contributed by atoms with Crippen LogP contribution in [0.4, 0.5) is 13.2 Å². The van der Waals surface area contributed by atoms with Gasteiger partial charge in [-0.15, -0.1) is 0 Å². The summed E-state index contributed by atoms with van der Waals surface area (Å²) in [7, 11) is 0. The van der Waals surface area contributed by atoms with E-state index in [1.54, 1.807) is 31.2 Å². The van der Waals surface area contributed by atoms with Gasteiger partial charge in [0.05, 0.1) is 12.2 Å². The number of hydrogen-bond donors (Lipinski definition) is 0. The predicted octanol–water partition coefficient (Wildman–Crippen LogP) is 4.51. The second-order valence-electron chi connectivity index (χ2n) is 5.60. The van der Waals surface area contributed by atoms with Gasteiger partial charge in [0.15, 0.2) is 6.61 Å². The molecule has 0 aliphatic rings. The number of para-hydroxylation sites is 1. The van der Waals surface area contributed by atoms with Gasteiger partial charge in [0.2, 0.25) is 5.82 Å². The molecule has 0 aliphatic heterocycles. The van der Waals surface area contributed by atoms with Crippen molar-refractivity contribution in [2.24, 2.45) is 0 Å². The number of aromatic nitrogens is 2. The molecule has 1 aromatic heterocycles. The molecule has 0 bridgehead atoms. The molecule has 0 unspecified atom stereocenters. The molecule has 6 nitrogen and oxygen atoms in total. The van der Waals surface area contributed by atoms with Gasteiger partial charge in [-0.2, -0.15) is 18.2 Å². The van der Waals surface area contributed by atoms with E-state index in [9.17, 15) is 18.0 Å². The van der Waals surface area contributed by atoms with Crippen LogP contribution in [0.2, 0.25) is 0 Å². The van der Waals surface area contributed by atoms with Gasteiger partial charge < -0.3 is 14.0 Å². The fraction of sp³-hybridized carbons (Fsp3) is 0.211. The van der Waals surface area contributed by atoms with E-state index in [-0.39, 0.29) is 29.4 Å². The summed E-state index contributed by atoms with van der Waals surface area (Å²) >= 11 is 0. The maximum Gasteiger partial charge on any atom is 0.416 e. The zero-order chi connectivity index (χ0) is 20.1. The fourth-order valence-electron chi connectivity index (χ4n) is 2.39. The molecular weight excluding hydrogens is 377 g/mol. The number of esters is 1. The van der Waals surface area contributed by atoms with Crippen molar-refractivity contribution in [2.75, 3.05) is 6.61 Å². The van der Waals surface area contributed by atoms with E-state index >= 15 is 0 Å². The molecule has 28 heavy (non-hydrogen) atoms. The Morgan fingerprint density at radius 3 is 2.68 bits per heavy atom. The number of nitrogens with zero attached hydrogens (tertiary/aromatic N) is 2. The summed E-state index contributed by atoms with van der Waals surface area (Å²) in [6.45, 7) is 1.84. The molecule has 0 N–H and O–H groups in total. The molecule has 3 rings (SSSR count). The summed E-state index contributed by atoms with van der Waals surface area (Å²) < 4.78 is 53.9. The van der Waals surface area contributed by atoms with Crippen LogP contribution in [0, 0.1) is 0 Å². The van der Waals surface area contributed by atoms with Crippen LogP contribution in [0.1, 0.15) is 28.7 Å².